The average Bonchev–Trinajstić information content (AvgIpc) is 2.80. The molecule has 0 amide bonds. The van der Waals surface area contributed by atoms with E-state index in [0.717, 1.165) is 6.07 Å². The maximum atomic E-state index is 13.9. The van der Waals surface area contributed by atoms with Crippen molar-refractivity contribution in [3.63, 3.8) is 0 Å². The van der Waals surface area contributed by atoms with Crippen molar-refractivity contribution in [3.8, 4) is 0 Å². The summed E-state index contributed by atoms with van der Waals surface area (Å²) in [6, 6.07) is 8.19. The van der Waals surface area contributed by atoms with Crippen molar-refractivity contribution in [1.82, 2.24) is 5.16 Å². The van der Waals surface area contributed by atoms with Gasteiger partial charge < -0.3 is 4.52 Å². The van der Waals surface area contributed by atoms with E-state index >= 15 is 0 Å². The number of ketones is 1. The lowest BCUT2D eigenvalue weighted by Crippen LogP contribution is -2.13. The van der Waals surface area contributed by atoms with Crippen LogP contribution in [0.15, 0.2) is 40.9 Å². The van der Waals surface area contributed by atoms with Crippen LogP contribution in [0.2, 0.25) is 0 Å². The van der Waals surface area contributed by atoms with E-state index in [-0.39, 0.29) is 11.3 Å². The summed E-state index contributed by atoms with van der Waals surface area (Å²) in [5, 5.41) is 3.30. The number of hydrogen-bond donors (Lipinski definition) is 0. The van der Waals surface area contributed by atoms with Gasteiger partial charge in [0.25, 0.3) is 0 Å². The third kappa shape index (κ3) is 2.08. The Morgan fingerprint density at radius 1 is 1.29 bits per heavy atom. The highest BCUT2D eigenvalue weighted by Gasteiger charge is 2.38. The number of benzene rings is 1. The van der Waals surface area contributed by atoms with Crippen LogP contribution in [0.4, 0.5) is 8.78 Å². The van der Waals surface area contributed by atoms with Crippen LogP contribution in [0, 0.1) is 0 Å². The van der Waals surface area contributed by atoms with E-state index in [1.807, 2.05) is 0 Å². The van der Waals surface area contributed by atoms with E-state index in [0.29, 0.717) is 0 Å². The average molecular weight is 237 g/mol. The predicted octanol–water partition coefficient (Wildman–Crippen LogP) is 3.02. The summed E-state index contributed by atoms with van der Waals surface area (Å²) in [4.78, 5) is 11.0. The highest BCUT2D eigenvalue weighted by molar-refractivity contribution is 5.92. The van der Waals surface area contributed by atoms with Crippen molar-refractivity contribution in [2.45, 2.75) is 12.8 Å². The molecule has 0 N–H and O–H groups in total. The van der Waals surface area contributed by atoms with Gasteiger partial charge in [0.15, 0.2) is 5.78 Å². The molecule has 0 saturated heterocycles. The summed E-state index contributed by atoms with van der Waals surface area (Å²) in [5.74, 6) is -4.33. The van der Waals surface area contributed by atoms with Gasteiger partial charge in [-0.1, -0.05) is 35.5 Å². The number of nitrogens with zero attached hydrogens (tertiary/aromatic N) is 1. The number of rotatable bonds is 3. The zero-order chi connectivity index (χ0) is 12.5. The van der Waals surface area contributed by atoms with E-state index < -0.39 is 17.5 Å². The van der Waals surface area contributed by atoms with Crippen molar-refractivity contribution in [2.24, 2.45) is 0 Å². The lowest BCUT2D eigenvalue weighted by atomic mass is 10.1. The lowest BCUT2D eigenvalue weighted by molar-refractivity contribution is 0.0130. The number of aromatic nitrogens is 1. The molecule has 0 aliphatic rings. The maximum Gasteiger partial charge on any atom is 0.332 e. The van der Waals surface area contributed by atoms with Crippen LogP contribution >= 0.6 is 0 Å². The van der Waals surface area contributed by atoms with Gasteiger partial charge in [-0.25, -0.2) is 0 Å². The zero-order valence-corrected chi connectivity index (χ0v) is 8.98. The highest BCUT2D eigenvalue weighted by atomic mass is 19.3. The summed E-state index contributed by atoms with van der Waals surface area (Å²) >= 11 is 0. The van der Waals surface area contributed by atoms with E-state index in [2.05, 4.69) is 9.68 Å². The lowest BCUT2D eigenvalue weighted by Gasteiger charge is -2.12. The fourth-order valence-corrected chi connectivity index (χ4v) is 1.38. The van der Waals surface area contributed by atoms with Crippen molar-refractivity contribution in [2.75, 3.05) is 0 Å². The van der Waals surface area contributed by atoms with Crippen LogP contribution in [0.5, 0.6) is 0 Å². The van der Waals surface area contributed by atoms with Crippen molar-refractivity contribution < 1.29 is 18.1 Å². The third-order valence-corrected chi connectivity index (χ3v) is 2.32. The molecule has 0 aliphatic carbocycles. The van der Waals surface area contributed by atoms with E-state index in [9.17, 15) is 13.6 Å². The second-order valence-electron chi connectivity index (χ2n) is 3.57. The Balaban J connectivity index is 2.41. The number of hydrogen-bond acceptors (Lipinski definition) is 3. The standard InChI is InChI=1S/C12H9F2NO2/c1-8(16)10-7-11(17-15-10)12(13,14)9-5-3-2-4-6-9/h2-7H,1H3. The Hall–Kier alpha value is -2.04. The number of carbonyl (C=O) groups is 1. The molecule has 0 bridgehead atoms. The summed E-state index contributed by atoms with van der Waals surface area (Å²) in [5.41, 5.74) is -0.304. The number of alkyl halides is 2. The number of halogens is 2. The van der Waals surface area contributed by atoms with Gasteiger partial charge in [0.05, 0.1) is 0 Å². The van der Waals surface area contributed by atoms with Crippen molar-refractivity contribution >= 4 is 5.78 Å². The van der Waals surface area contributed by atoms with E-state index in [4.69, 9.17) is 0 Å². The van der Waals surface area contributed by atoms with Gasteiger partial charge in [0.1, 0.15) is 5.69 Å². The summed E-state index contributed by atoms with van der Waals surface area (Å²) in [7, 11) is 0. The molecule has 1 heterocycles. The SMILES string of the molecule is CC(=O)c1cc(C(F)(F)c2ccccc2)on1. The first kappa shape index (κ1) is 11.4. The minimum atomic E-state index is -3.29. The molecule has 2 rings (SSSR count). The minimum Gasteiger partial charge on any atom is -0.354 e. The van der Waals surface area contributed by atoms with Crippen LogP contribution < -0.4 is 0 Å². The first-order chi connectivity index (χ1) is 8.01. The first-order valence-electron chi connectivity index (χ1n) is 4.93. The molecule has 0 fully saturated rings. The quantitative estimate of drug-likeness (QED) is 0.770. The van der Waals surface area contributed by atoms with Gasteiger partial charge in [-0.05, 0) is 0 Å². The normalized spacial score (nSPS) is 11.5. The topological polar surface area (TPSA) is 43.1 Å². The predicted molar refractivity (Wildman–Crippen MR) is 55.9 cm³/mol. The van der Waals surface area contributed by atoms with Crippen molar-refractivity contribution in [3.05, 3.63) is 53.4 Å². The van der Waals surface area contributed by atoms with E-state index in [1.54, 1.807) is 6.07 Å². The fourth-order valence-electron chi connectivity index (χ4n) is 1.38. The van der Waals surface area contributed by atoms with Crippen LogP contribution in [0.1, 0.15) is 28.7 Å². The van der Waals surface area contributed by atoms with Gasteiger partial charge in [0.2, 0.25) is 5.76 Å². The van der Waals surface area contributed by atoms with Gasteiger partial charge in [-0.2, -0.15) is 8.78 Å². The Kier molecular flexibility index (Phi) is 2.75. The monoisotopic (exact) mass is 237 g/mol. The molecular formula is C12H9F2NO2. The Morgan fingerprint density at radius 3 is 2.47 bits per heavy atom. The molecule has 1 aromatic carbocycles. The van der Waals surface area contributed by atoms with Crippen LogP contribution in [0.3, 0.4) is 0 Å². The third-order valence-electron chi connectivity index (χ3n) is 2.32. The second kappa shape index (κ2) is 4.08. The molecule has 0 spiro atoms. The van der Waals surface area contributed by atoms with E-state index in [1.165, 1.54) is 31.2 Å². The van der Waals surface area contributed by atoms with Gasteiger partial charge in [0, 0.05) is 18.6 Å². The highest BCUT2D eigenvalue weighted by Crippen LogP contribution is 2.35. The maximum absolute atomic E-state index is 13.9. The number of carbonyl (C=O) groups excluding carboxylic acids is 1. The van der Waals surface area contributed by atoms with Crippen LogP contribution in [-0.2, 0) is 5.92 Å². The summed E-state index contributed by atoms with van der Waals surface area (Å²) < 4.78 is 32.4. The molecule has 0 radical (unpaired) electrons. The fraction of sp³-hybridized carbons (Fsp3) is 0.167. The first-order valence-corrected chi connectivity index (χ1v) is 4.93. The Labute approximate surface area is 96.0 Å². The molecule has 5 heteroatoms. The van der Waals surface area contributed by atoms with Gasteiger partial charge in [-0.15, -0.1) is 0 Å². The summed E-state index contributed by atoms with van der Waals surface area (Å²) in [6.45, 7) is 1.24. The van der Waals surface area contributed by atoms with Gasteiger partial charge >= 0.3 is 5.92 Å². The Bertz CT molecular complexity index is 534. The number of Topliss-reactive ketones (excluding diaryl/α,β-unsaturated/α-hetero) is 1. The molecule has 2 aromatic rings. The van der Waals surface area contributed by atoms with Gasteiger partial charge in [-0.3, -0.25) is 4.79 Å². The minimum absolute atomic E-state index is 0.101. The zero-order valence-electron chi connectivity index (χ0n) is 8.98. The molecule has 1 aromatic heterocycles. The molecule has 0 saturated carbocycles. The molecule has 0 atom stereocenters. The molecule has 88 valence electrons. The van der Waals surface area contributed by atoms with Crippen molar-refractivity contribution in [1.29, 1.82) is 0 Å². The van der Waals surface area contributed by atoms with Crippen LogP contribution in [0.25, 0.3) is 0 Å². The molecule has 0 unspecified atom stereocenters. The summed E-state index contributed by atoms with van der Waals surface area (Å²) in [6.07, 6.45) is 0. The molecule has 3 nitrogen and oxygen atoms in total. The Morgan fingerprint density at radius 2 is 1.94 bits per heavy atom. The van der Waals surface area contributed by atoms with Crippen LogP contribution in [-0.4, -0.2) is 10.9 Å². The smallest absolute Gasteiger partial charge is 0.332 e. The molecule has 17 heavy (non-hydrogen) atoms. The molecule has 0 aliphatic heterocycles. The molecular weight excluding hydrogens is 228 g/mol. The second-order valence-corrected chi connectivity index (χ2v) is 3.57. The largest absolute Gasteiger partial charge is 0.354 e.